The molecule has 5 aromatic rings. The normalized spacial score (nSPS) is 11.5. The highest BCUT2D eigenvalue weighted by Gasteiger charge is 2.20. The highest BCUT2D eigenvalue weighted by molar-refractivity contribution is 5.88. The van der Waals surface area contributed by atoms with Gasteiger partial charge in [0.2, 0.25) is 11.6 Å². The molecule has 3 aromatic heterocycles. The first-order valence-electron chi connectivity index (χ1n) is 9.00. The molecule has 5 rings (SSSR count). The summed E-state index contributed by atoms with van der Waals surface area (Å²) in [5, 5.41) is 9.32. The van der Waals surface area contributed by atoms with Crippen molar-refractivity contribution >= 4 is 16.7 Å². The van der Waals surface area contributed by atoms with Crippen molar-refractivity contribution in [2.75, 3.05) is 0 Å². The Hall–Kier alpha value is -4.02. The SMILES string of the molecule is Cn1ncc2c1ncn1nc(-c3ccc(COc4c(F)c(F)cc(F)c4F)cc3)nc21. The van der Waals surface area contributed by atoms with Crippen LogP contribution in [0.2, 0.25) is 0 Å². The number of rotatable bonds is 4. The number of hydrogen-bond donors (Lipinski definition) is 0. The molecule has 0 aliphatic carbocycles. The molecular formula is C20H12F4N6O. The molecule has 0 saturated heterocycles. The summed E-state index contributed by atoms with van der Waals surface area (Å²) in [4.78, 5) is 8.83. The number of nitrogens with zero attached hydrogens (tertiary/aromatic N) is 6. The molecular weight excluding hydrogens is 416 g/mol. The van der Waals surface area contributed by atoms with E-state index in [9.17, 15) is 17.6 Å². The van der Waals surface area contributed by atoms with E-state index >= 15 is 0 Å². The third-order valence-electron chi connectivity index (χ3n) is 4.74. The average molecular weight is 428 g/mol. The largest absolute Gasteiger partial charge is 0.483 e. The van der Waals surface area contributed by atoms with Gasteiger partial charge in [-0.3, -0.25) is 4.68 Å². The van der Waals surface area contributed by atoms with Gasteiger partial charge in [-0.1, -0.05) is 24.3 Å². The molecule has 0 bridgehead atoms. The number of hydrogen-bond acceptors (Lipinski definition) is 5. The van der Waals surface area contributed by atoms with Crippen LogP contribution in [0.3, 0.4) is 0 Å². The number of ether oxygens (including phenoxy) is 1. The van der Waals surface area contributed by atoms with Gasteiger partial charge in [-0.2, -0.15) is 13.9 Å². The Balaban J connectivity index is 1.40. The van der Waals surface area contributed by atoms with Crippen LogP contribution < -0.4 is 4.74 Å². The maximum atomic E-state index is 13.7. The van der Waals surface area contributed by atoms with Gasteiger partial charge >= 0.3 is 0 Å². The van der Waals surface area contributed by atoms with E-state index in [2.05, 4.69) is 20.2 Å². The molecule has 0 N–H and O–H groups in total. The number of aromatic nitrogens is 6. The Bertz CT molecular complexity index is 1420. The first-order chi connectivity index (χ1) is 14.9. The number of fused-ring (bicyclic) bond motifs is 3. The Morgan fingerprint density at radius 2 is 1.68 bits per heavy atom. The molecule has 11 heteroatoms. The standard InChI is InChI=1S/C20H12F4N6O/c1-29-19-12(7-26-29)20-27-18(28-30(20)9-25-19)11-4-2-10(3-5-11)8-31-17-15(23)13(21)6-14(22)16(17)24/h2-7,9H,8H2,1H3. The monoisotopic (exact) mass is 428 g/mol. The van der Waals surface area contributed by atoms with Crippen LogP contribution in [0.4, 0.5) is 17.6 Å². The lowest BCUT2D eigenvalue weighted by Gasteiger charge is -2.09. The van der Waals surface area contributed by atoms with Gasteiger partial charge in [-0.15, -0.1) is 5.10 Å². The zero-order valence-electron chi connectivity index (χ0n) is 15.9. The van der Waals surface area contributed by atoms with E-state index < -0.39 is 29.0 Å². The lowest BCUT2D eigenvalue weighted by Crippen LogP contribution is -2.03. The van der Waals surface area contributed by atoms with Crippen molar-refractivity contribution in [1.82, 2.24) is 29.4 Å². The lowest BCUT2D eigenvalue weighted by atomic mass is 10.1. The smallest absolute Gasteiger partial charge is 0.203 e. The van der Waals surface area contributed by atoms with Crippen molar-refractivity contribution in [1.29, 1.82) is 0 Å². The number of benzene rings is 2. The second kappa shape index (κ2) is 7.04. The van der Waals surface area contributed by atoms with Gasteiger partial charge in [0.25, 0.3) is 0 Å². The number of halogens is 4. The van der Waals surface area contributed by atoms with Gasteiger partial charge in [0.15, 0.2) is 34.5 Å². The molecule has 0 radical (unpaired) electrons. The molecule has 31 heavy (non-hydrogen) atoms. The molecule has 156 valence electrons. The van der Waals surface area contributed by atoms with Crippen LogP contribution >= 0.6 is 0 Å². The second-order valence-corrected chi connectivity index (χ2v) is 6.74. The van der Waals surface area contributed by atoms with E-state index in [-0.39, 0.29) is 12.7 Å². The minimum Gasteiger partial charge on any atom is -0.483 e. The highest BCUT2D eigenvalue weighted by atomic mass is 19.2. The molecule has 0 fully saturated rings. The van der Waals surface area contributed by atoms with Crippen LogP contribution in [0, 0.1) is 23.3 Å². The first-order valence-corrected chi connectivity index (χ1v) is 9.00. The molecule has 3 heterocycles. The molecule has 0 aliphatic rings. The molecule has 0 spiro atoms. The maximum absolute atomic E-state index is 13.7. The van der Waals surface area contributed by atoms with Crippen LogP contribution in [0.1, 0.15) is 5.56 Å². The van der Waals surface area contributed by atoms with Crippen LogP contribution in [0.25, 0.3) is 28.1 Å². The zero-order valence-corrected chi connectivity index (χ0v) is 15.9. The second-order valence-electron chi connectivity index (χ2n) is 6.74. The third kappa shape index (κ3) is 3.14. The summed E-state index contributed by atoms with van der Waals surface area (Å²) in [5.74, 6) is -6.88. The fraction of sp³-hybridized carbons (Fsp3) is 0.100. The van der Waals surface area contributed by atoms with Gasteiger partial charge in [0.1, 0.15) is 12.9 Å². The summed E-state index contributed by atoms with van der Waals surface area (Å²) in [6, 6.07) is 6.78. The fourth-order valence-electron chi connectivity index (χ4n) is 3.14. The number of aryl methyl sites for hydroxylation is 1. The minimum absolute atomic E-state index is 0.128. The molecule has 0 aliphatic heterocycles. The van der Waals surface area contributed by atoms with Gasteiger partial charge in [0.05, 0.1) is 11.6 Å². The van der Waals surface area contributed by atoms with E-state index in [0.717, 1.165) is 5.39 Å². The summed E-state index contributed by atoms with van der Waals surface area (Å²) >= 11 is 0. The van der Waals surface area contributed by atoms with Crippen molar-refractivity contribution in [2.45, 2.75) is 6.61 Å². The minimum atomic E-state index is -1.58. The van der Waals surface area contributed by atoms with Gasteiger partial charge in [-0.05, 0) is 5.56 Å². The van der Waals surface area contributed by atoms with Crippen LogP contribution in [-0.4, -0.2) is 29.4 Å². The van der Waals surface area contributed by atoms with Crippen LogP contribution in [0.15, 0.2) is 42.9 Å². The van der Waals surface area contributed by atoms with Crippen molar-refractivity contribution in [3.05, 3.63) is 71.7 Å². The average Bonchev–Trinajstić information content (AvgIpc) is 3.36. The summed E-state index contributed by atoms with van der Waals surface area (Å²) in [6.07, 6.45) is 3.20. The summed E-state index contributed by atoms with van der Waals surface area (Å²) in [6.45, 7) is -0.296. The fourth-order valence-corrected chi connectivity index (χ4v) is 3.14. The van der Waals surface area contributed by atoms with Crippen LogP contribution in [-0.2, 0) is 13.7 Å². The predicted octanol–water partition coefficient (Wildman–Crippen LogP) is 3.81. The maximum Gasteiger partial charge on any atom is 0.203 e. The third-order valence-corrected chi connectivity index (χ3v) is 4.74. The topological polar surface area (TPSA) is 70.1 Å². The summed E-state index contributed by atoms with van der Waals surface area (Å²) in [5.41, 5.74) is 2.47. The van der Waals surface area contributed by atoms with E-state index in [4.69, 9.17) is 4.74 Å². The van der Waals surface area contributed by atoms with E-state index in [1.165, 1.54) is 0 Å². The first kappa shape index (κ1) is 19.0. The molecule has 0 unspecified atom stereocenters. The highest BCUT2D eigenvalue weighted by Crippen LogP contribution is 2.27. The Morgan fingerprint density at radius 3 is 2.39 bits per heavy atom. The molecule has 0 saturated carbocycles. The molecule has 0 atom stereocenters. The molecule has 2 aromatic carbocycles. The Morgan fingerprint density at radius 1 is 0.968 bits per heavy atom. The van der Waals surface area contributed by atoms with Crippen LogP contribution in [0.5, 0.6) is 5.75 Å². The quantitative estimate of drug-likeness (QED) is 0.322. The van der Waals surface area contributed by atoms with E-state index in [1.807, 2.05) is 0 Å². The van der Waals surface area contributed by atoms with Gasteiger partial charge in [0, 0.05) is 18.7 Å². The summed E-state index contributed by atoms with van der Waals surface area (Å²) in [7, 11) is 1.78. The zero-order chi connectivity index (χ0) is 21.7. The molecule has 7 nitrogen and oxygen atoms in total. The van der Waals surface area contributed by atoms with Crippen molar-refractivity contribution in [3.8, 4) is 17.1 Å². The van der Waals surface area contributed by atoms with Crippen molar-refractivity contribution in [2.24, 2.45) is 7.05 Å². The Labute approximate surface area is 171 Å². The van der Waals surface area contributed by atoms with E-state index in [1.54, 1.807) is 53.0 Å². The van der Waals surface area contributed by atoms with Gasteiger partial charge < -0.3 is 4.74 Å². The summed E-state index contributed by atoms with van der Waals surface area (Å²) < 4.78 is 62.1. The van der Waals surface area contributed by atoms with Crippen molar-refractivity contribution in [3.63, 3.8) is 0 Å². The van der Waals surface area contributed by atoms with Gasteiger partial charge in [-0.25, -0.2) is 23.3 Å². The Kier molecular flexibility index (Phi) is 4.31. The van der Waals surface area contributed by atoms with Crippen molar-refractivity contribution < 1.29 is 22.3 Å². The molecule has 0 amide bonds. The lowest BCUT2D eigenvalue weighted by molar-refractivity contribution is 0.261. The van der Waals surface area contributed by atoms with E-state index in [0.29, 0.717) is 28.2 Å². The predicted molar refractivity (Wildman–Crippen MR) is 101 cm³/mol.